The standard InChI is InChI=1S/C30H28N4O5S/c1-18-16-21(11-12-22(18)32-26(35)17-37-2)34-28(27(33-30(34)40)23-6-4-5-15-31-23)25-14-13-24(39-25)19-7-9-20(10-8-19)29(36)38-3/h4-16,27-28H,17H2,1-3H3,(H,32,35)(H,33,40)/t27-,28+/m0/s1. The topological polar surface area (TPSA) is 106 Å². The zero-order valence-corrected chi connectivity index (χ0v) is 23.0. The largest absolute Gasteiger partial charge is 0.465 e. The molecule has 0 saturated carbocycles. The van der Waals surface area contributed by atoms with Crippen LogP contribution in [0.4, 0.5) is 11.4 Å². The van der Waals surface area contributed by atoms with Crippen LogP contribution in [0.5, 0.6) is 0 Å². The van der Waals surface area contributed by atoms with E-state index in [1.54, 1.807) is 18.3 Å². The predicted octanol–water partition coefficient (Wildman–Crippen LogP) is 5.20. The van der Waals surface area contributed by atoms with Crippen LogP contribution in [0.2, 0.25) is 0 Å². The maximum atomic E-state index is 12.1. The van der Waals surface area contributed by atoms with Crippen LogP contribution >= 0.6 is 12.2 Å². The number of aromatic nitrogens is 1. The first-order valence-electron chi connectivity index (χ1n) is 12.6. The van der Waals surface area contributed by atoms with Gasteiger partial charge in [0.2, 0.25) is 5.91 Å². The van der Waals surface area contributed by atoms with Gasteiger partial charge in [-0.25, -0.2) is 4.79 Å². The van der Waals surface area contributed by atoms with Crippen molar-refractivity contribution < 1.29 is 23.5 Å². The second-order valence-electron chi connectivity index (χ2n) is 9.25. The van der Waals surface area contributed by atoms with Crippen LogP contribution in [0.1, 0.15) is 39.5 Å². The molecule has 0 radical (unpaired) electrons. The number of pyridine rings is 1. The molecule has 1 amide bonds. The summed E-state index contributed by atoms with van der Waals surface area (Å²) in [4.78, 5) is 30.5. The van der Waals surface area contributed by atoms with Gasteiger partial charge in [-0.1, -0.05) is 18.2 Å². The molecule has 0 bridgehead atoms. The number of methoxy groups -OCH3 is 2. The van der Waals surface area contributed by atoms with Crippen LogP contribution in [-0.2, 0) is 14.3 Å². The molecule has 0 unspecified atom stereocenters. The third-order valence-corrected chi connectivity index (χ3v) is 6.96. The molecule has 40 heavy (non-hydrogen) atoms. The number of aryl methyl sites for hydroxylation is 1. The lowest BCUT2D eigenvalue weighted by molar-refractivity contribution is -0.119. The van der Waals surface area contributed by atoms with Crippen molar-refractivity contribution in [2.45, 2.75) is 19.0 Å². The van der Waals surface area contributed by atoms with Crippen molar-refractivity contribution in [1.82, 2.24) is 10.3 Å². The highest BCUT2D eigenvalue weighted by Gasteiger charge is 2.42. The van der Waals surface area contributed by atoms with E-state index in [0.717, 1.165) is 22.5 Å². The van der Waals surface area contributed by atoms with E-state index in [1.165, 1.54) is 14.2 Å². The average molecular weight is 557 g/mol. The minimum absolute atomic E-state index is 0.0264. The fourth-order valence-corrected chi connectivity index (χ4v) is 5.08. The number of nitrogens with one attached hydrogen (secondary N) is 2. The summed E-state index contributed by atoms with van der Waals surface area (Å²) in [5.74, 6) is 0.708. The van der Waals surface area contributed by atoms with Crippen molar-refractivity contribution in [1.29, 1.82) is 0 Å². The molecule has 2 aromatic carbocycles. The van der Waals surface area contributed by atoms with Crippen LogP contribution in [0, 0.1) is 6.92 Å². The third-order valence-electron chi connectivity index (χ3n) is 6.64. The second kappa shape index (κ2) is 11.7. The summed E-state index contributed by atoms with van der Waals surface area (Å²) in [6, 6.07) is 21.7. The lowest BCUT2D eigenvalue weighted by Gasteiger charge is -2.26. The van der Waals surface area contributed by atoms with E-state index < -0.39 is 5.97 Å². The first-order chi connectivity index (χ1) is 19.4. The quantitative estimate of drug-likeness (QED) is 0.224. The number of hydrogen-bond donors (Lipinski definition) is 2. The van der Waals surface area contributed by atoms with E-state index in [2.05, 4.69) is 15.6 Å². The lowest BCUT2D eigenvalue weighted by atomic mass is 10.0. The van der Waals surface area contributed by atoms with Gasteiger partial charge >= 0.3 is 5.97 Å². The van der Waals surface area contributed by atoms with Gasteiger partial charge in [0.25, 0.3) is 0 Å². The normalized spacial score (nSPS) is 16.5. The minimum atomic E-state index is -0.398. The molecule has 1 aliphatic heterocycles. The molecule has 1 fully saturated rings. The number of thiocarbonyl (C=S) groups is 1. The smallest absolute Gasteiger partial charge is 0.337 e. The fraction of sp³-hybridized carbons (Fsp3) is 0.200. The Labute approximate surface area is 237 Å². The monoisotopic (exact) mass is 556 g/mol. The summed E-state index contributed by atoms with van der Waals surface area (Å²) in [5, 5.41) is 6.81. The fourth-order valence-electron chi connectivity index (χ4n) is 4.73. The van der Waals surface area contributed by atoms with Crippen LogP contribution in [0.15, 0.2) is 83.4 Å². The molecule has 0 spiro atoms. The number of esters is 1. The number of carbonyl (C=O) groups excluding carboxylic acids is 2. The number of carbonyl (C=O) groups is 2. The van der Waals surface area contributed by atoms with E-state index in [-0.39, 0.29) is 24.6 Å². The number of anilines is 2. The molecule has 10 heteroatoms. The summed E-state index contributed by atoms with van der Waals surface area (Å²) in [6.45, 7) is 1.90. The van der Waals surface area contributed by atoms with E-state index in [1.807, 2.05) is 72.5 Å². The number of rotatable bonds is 8. The molecule has 5 rings (SSSR count). The predicted molar refractivity (Wildman–Crippen MR) is 155 cm³/mol. The molecule has 2 atom stereocenters. The Hall–Kier alpha value is -4.54. The highest BCUT2D eigenvalue weighted by molar-refractivity contribution is 7.80. The van der Waals surface area contributed by atoms with Crippen LogP contribution in [0.3, 0.4) is 0 Å². The van der Waals surface area contributed by atoms with E-state index in [4.69, 9.17) is 26.1 Å². The molecule has 2 N–H and O–H groups in total. The molecule has 0 aliphatic carbocycles. The van der Waals surface area contributed by atoms with Gasteiger partial charge in [0.1, 0.15) is 24.2 Å². The molecule has 1 saturated heterocycles. The number of benzene rings is 2. The molecular weight excluding hydrogens is 528 g/mol. The van der Waals surface area contributed by atoms with Crippen LogP contribution < -0.4 is 15.5 Å². The van der Waals surface area contributed by atoms with E-state index in [9.17, 15) is 9.59 Å². The number of amides is 1. The molecule has 1 aliphatic rings. The average Bonchev–Trinajstić information content (AvgIpc) is 3.59. The maximum Gasteiger partial charge on any atom is 0.337 e. The van der Waals surface area contributed by atoms with E-state index in [0.29, 0.717) is 27.9 Å². The third kappa shape index (κ3) is 5.45. The summed E-state index contributed by atoms with van der Waals surface area (Å²) < 4.78 is 16.1. The highest BCUT2D eigenvalue weighted by Crippen LogP contribution is 2.43. The zero-order valence-electron chi connectivity index (χ0n) is 22.2. The second-order valence-corrected chi connectivity index (χ2v) is 9.63. The van der Waals surface area contributed by atoms with Crippen molar-refractivity contribution >= 4 is 40.6 Å². The van der Waals surface area contributed by atoms with Crippen molar-refractivity contribution in [3.63, 3.8) is 0 Å². The molecule has 9 nitrogen and oxygen atoms in total. The Morgan fingerprint density at radius 2 is 1.88 bits per heavy atom. The van der Waals surface area contributed by atoms with Gasteiger partial charge < -0.3 is 29.4 Å². The molecule has 3 heterocycles. The lowest BCUT2D eigenvalue weighted by Crippen LogP contribution is -2.29. The Bertz CT molecular complexity index is 1540. The van der Waals surface area contributed by atoms with Gasteiger partial charge in [-0.15, -0.1) is 0 Å². The maximum absolute atomic E-state index is 12.1. The van der Waals surface area contributed by atoms with Gasteiger partial charge in [-0.2, -0.15) is 0 Å². The molecule has 204 valence electrons. The molecule has 2 aromatic heterocycles. The number of furan rings is 1. The van der Waals surface area contributed by atoms with Crippen LogP contribution in [-0.4, -0.2) is 42.8 Å². The number of ether oxygens (including phenoxy) is 2. The van der Waals surface area contributed by atoms with Gasteiger partial charge in [0, 0.05) is 30.2 Å². The van der Waals surface area contributed by atoms with Crippen LogP contribution in [0.25, 0.3) is 11.3 Å². The Balaban J connectivity index is 1.51. The highest BCUT2D eigenvalue weighted by atomic mass is 32.1. The number of nitrogens with zero attached hydrogens (tertiary/aromatic N) is 2. The Morgan fingerprint density at radius 1 is 1.07 bits per heavy atom. The van der Waals surface area contributed by atoms with Gasteiger partial charge in [-0.05, 0) is 79.3 Å². The van der Waals surface area contributed by atoms with E-state index >= 15 is 0 Å². The molecule has 4 aromatic rings. The van der Waals surface area contributed by atoms with Crippen molar-refractivity contribution in [2.75, 3.05) is 31.0 Å². The van der Waals surface area contributed by atoms with Gasteiger partial charge in [0.15, 0.2) is 5.11 Å². The first-order valence-corrected chi connectivity index (χ1v) is 13.0. The Morgan fingerprint density at radius 3 is 2.55 bits per heavy atom. The summed E-state index contributed by atoms with van der Waals surface area (Å²) in [5.41, 5.74) is 4.50. The zero-order chi connectivity index (χ0) is 28.2. The van der Waals surface area contributed by atoms with Crippen molar-refractivity contribution in [3.05, 3.63) is 102 Å². The van der Waals surface area contributed by atoms with Crippen molar-refractivity contribution in [2.24, 2.45) is 0 Å². The number of hydrogen-bond acceptors (Lipinski definition) is 7. The summed E-state index contributed by atoms with van der Waals surface area (Å²) in [6.07, 6.45) is 1.75. The molecular formula is C30H28N4O5S. The Kier molecular flexibility index (Phi) is 7.90. The summed E-state index contributed by atoms with van der Waals surface area (Å²) >= 11 is 5.82. The SMILES string of the molecule is COCC(=O)Nc1ccc(N2C(=S)N[C@@H](c3ccccn3)[C@H]2c2ccc(-c3ccc(C(=O)OC)cc3)o2)cc1C. The van der Waals surface area contributed by atoms with Gasteiger partial charge in [-0.3, -0.25) is 9.78 Å². The van der Waals surface area contributed by atoms with Crippen molar-refractivity contribution in [3.8, 4) is 11.3 Å². The van der Waals surface area contributed by atoms with Gasteiger partial charge in [0.05, 0.1) is 24.4 Å². The first kappa shape index (κ1) is 27.0. The minimum Gasteiger partial charge on any atom is -0.465 e. The summed E-state index contributed by atoms with van der Waals surface area (Å²) in [7, 11) is 2.83.